The number of benzene rings is 1. The Bertz CT molecular complexity index is 1470. The largest absolute Gasteiger partial charge is 0.306 e. The molecule has 8 heteroatoms. The van der Waals surface area contributed by atoms with Crippen LogP contribution in [0.25, 0.3) is 33.4 Å². The van der Waals surface area contributed by atoms with E-state index in [1.165, 1.54) is 0 Å². The second-order valence-corrected chi connectivity index (χ2v) is 10.5. The van der Waals surface area contributed by atoms with Crippen LogP contribution >= 0.6 is 11.6 Å². The Morgan fingerprint density at radius 2 is 1.78 bits per heavy atom. The van der Waals surface area contributed by atoms with E-state index < -0.39 is 0 Å². The van der Waals surface area contributed by atoms with Crippen LogP contribution in [0.15, 0.2) is 47.7 Å². The van der Waals surface area contributed by atoms with Crippen molar-refractivity contribution in [1.82, 2.24) is 29.4 Å². The maximum atomic E-state index is 13.9. The van der Waals surface area contributed by atoms with E-state index in [1.54, 1.807) is 18.6 Å². The van der Waals surface area contributed by atoms with Gasteiger partial charge in [-0.15, -0.1) is 0 Å². The molecule has 1 saturated carbocycles. The second kappa shape index (κ2) is 10.1. The molecule has 0 N–H and O–H groups in total. The summed E-state index contributed by atoms with van der Waals surface area (Å²) >= 11 is 6.76. The zero-order chi connectivity index (χ0) is 25.4. The normalized spacial score (nSPS) is 18.2. The molecule has 0 unspecified atom stereocenters. The minimum absolute atomic E-state index is 0.0691. The molecule has 1 aliphatic carbocycles. The summed E-state index contributed by atoms with van der Waals surface area (Å²) in [6, 6.07) is 8.16. The number of rotatable bonds is 5. The monoisotopic (exact) mass is 502 g/mol. The van der Waals surface area contributed by atoms with Crippen molar-refractivity contribution in [3.05, 3.63) is 69.8 Å². The maximum absolute atomic E-state index is 13.9. The predicted octanol–water partition coefficient (Wildman–Crippen LogP) is 5.31. The smallest absolute Gasteiger partial charge is 0.260 e. The van der Waals surface area contributed by atoms with Crippen LogP contribution in [0.4, 0.5) is 0 Å². The van der Waals surface area contributed by atoms with Crippen LogP contribution in [0, 0.1) is 19.8 Å². The van der Waals surface area contributed by atoms with Crippen molar-refractivity contribution in [1.29, 1.82) is 0 Å². The highest BCUT2D eigenvalue weighted by molar-refractivity contribution is 6.33. The first-order valence-electron chi connectivity index (χ1n) is 12.4. The zero-order valence-corrected chi connectivity index (χ0v) is 22.0. The summed E-state index contributed by atoms with van der Waals surface area (Å²) in [7, 11) is 4.29. The van der Waals surface area contributed by atoms with Gasteiger partial charge in [-0.2, -0.15) is 0 Å². The molecule has 3 heterocycles. The molecule has 0 saturated heterocycles. The topological polar surface area (TPSA) is 76.8 Å². The molecule has 0 amide bonds. The van der Waals surface area contributed by atoms with Gasteiger partial charge in [0.25, 0.3) is 5.56 Å². The Labute approximate surface area is 216 Å². The van der Waals surface area contributed by atoms with Gasteiger partial charge in [0.05, 0.1) is 17.6 Å². The van der Waals surface area contributed by atoms with Gasteiger partial charge in [-0.3, -0.25) is 14.3 Å². The lowest BCUT2D eigenvalue weighted by atomic mass is 9.85. The third-order valence-corrected chi connectivity index (χ3v) is 7.56. The average Bonchev–Trinajstić information content (AvgIpc) is 2.86. The molecular weight excluding hydrogens is 472 g/mol. The van der Waals surface area contributed by atoms with Crippen LogP contribution in [0.2, 0.25) is 5.02 Å². The Morgan fingerprint density at radius 1 is 1.00 bits per heavy atom. The summed E-state index contributed by atoms with van der Waals surface area (Å²) < 4.78 is 1.84. The van der Waals surface area contributed by atoms with Crippen molar-refractivity contribution >= 4 is 22.6 Å². The van der Waals surface area contributed by atoms with Crippen LogP contribution in [0.3, 0.4) is 0 Å². The SMILES string of the molecule is Cc1cncc(-c2ccc(-c3cc4cnc(C)nc4n(CC4CCC(N(C)C)CC4)c3=O)c(Cl)c2)n1. The summed E-state index contributed by atoms with van der Waals surface area (Å²) in [5, 5.41) is 1.33. The third-order valence-electron chi connectivity index (χ3n) is 7.24. The first-order chi connectivity index (χ1) is 17.3. The summed E-state index contributed by atoms with van der Waals surface area (Å²) in [6.45, 7) is 4.41. The first-order valence-corrected chi connectivity index (χ1v) is 12.8. The molecule has 0 bridgehead atoms. The standard InChI is InChI=1S/C28H31ClN6O/c1-17-13-30-15-26(32-17)20-7-10-23(25(29)12-20)24-11-21-14-31-18(2)33-27(21)35(28(24)36)16-19-5-8-22(9-6-19)34(3)4/h7,10-15,19,22H,5-6,8-9,16H2,1-4H3. The van der Waals surface area contributed by atoms with Crippen molar-refractivity contribution in [2.45, 2.75) is 52.1 Å². The van der Waals surface area contributed by atoms with E-state index in [0.717, 1.165) is 48.0 Å². The number of nitrogens with zero attached hydrogens (tertiary/aromatic N) is 6. The van der Waals surface area contributed by atoms with Gasteiger partial charge in [-0.25, -0.2) is 15.0 Å². The number of halogens is 1. The molecule has 4 aromatic rings. The van der Waals surface area contributed by atoms with Gasteiger partial charge >= 0.3 is 0 Å². The lowest BCUT2D eigenvalue weighted by molar-refractivity contribution is 0.184. The second-order valence-electron chi connectivity index (χ2n) is 10.0. The highest BCUT2D eigenvalue weighted by Gasteiger charge is 2.24. The van der Waals surface area contributed by atoms with E-state index in [-0.39, 0.29) is 5.56 Å². The molecule has 0 spiro atoms. The van der Waals surface area contributed by atoms with Gasteiger partial charge in [0, 0.05) is 52.1 Å². The molecule has 1 aliphatic rings. The molecule has 36 heavy (non-hydrogen) atoms. The Morgan fingerprint density at radius 3 is 2.47 bits per heavy atom. The van der Waals surface area contributed by atoms with Crippen molar-refractivity contribution in [3.63, 3.8) is 0 Å². The van der Waals surface area contributed by atoms with Crippen LogP contribution in [-0.2, 0) is 6.54 Å². The Hall–Kier alpha value is -3.16. The molecule has 1 fully saturated rings. The number of fused-ring (bicyclic) bond motifs is 1. The number of aryl methyl sites for hydroxylation is 2. The number of hydrogen-bond acceptors (Lipinski definition) is 6. The molecule has 3 aromatic heterocycles. The van der Waals surface area contributed by atoms with Gasteiger partial charge in [0.2, 0.25) is 0 Å². The highest BCUT2D eigenvalue weighted by Crippen LogP contribution is 2.32. The number of aromatic nitrogens is 5. The molecule has 5 rings (SSSR count). The molecule has 0 radical (unpaired) electrons. The Kier molecular flexibility index (Phi) is 6.86. The predicted molar refractivity (Wildman–Crippen MR) is 144 cm³/mol. The zero-order valence-electron chi connectivity index (χ0n) is 21.2. The molecule has 186 valence electrons. The molecule has 0 atom stereocenters. The lowest BCUT2D eigenvalue weighted by Gasteiger charge is -2.33. The van der Waals surface area contributed by atoms with Crippen LogP contribution in [0.5, 0.6) is 0 Å². The van der Waals surface area contributed by atoms with E-state index in [1.807, 2.05) is 42.7 Å². The minimum atomic E-state index is -0.0691. The highest BCUT2D eigenvalue weighted by atomic mass is 35.5. The first kappa shape index (κ1) is 24.5. The fourth-order valence-electron chi connectivity index (χ4n) is 5.20. The van der Waals surface area contributed by atoms with E-state index in [4.69, 9.17) is 11.6 Å². The molecule has 1 aromatic carbocycles. The number of hydrogen-bond donors (Lipinski definition) is 0. The quantitative estimate of drug-likeness (QED) is 0.368. The summed E-state index contributed by atoms with van der Waals surface area (Å²) in [5.74, 6) is 1.09. The van der Waals surface area contributed by atoms with E-state index in [0.29, 0.717) is 46.1 Å². The van der Waals surface area contributed by atoms with Gasteiger partial charge in [0.15, 0.2) is 0 Å². The van der Waals surface area contributed by atoms with E-state index in [9.17, 15) is 4.79 Å². The van der Waals surface area contributed by atoms with Crippen molar-refractivity contribution in [2.75, 3.05) is 14.1 Å². The van der Waals surface area contributed by atoms with Crippen molar-refractivity contribution in [2.24, 2.45) is 5.92 Å². The van der Waals surface area contributed by atoms with E-state index in [2.05, 4.69) is 38.9 Å². The minimum Gasteiger partial charge on any atom is -0.306 e. The fourth-order valence-corrected chi connectivity index (χ4v) is 5.49. The van der Waals surface area contributed by atoms with Gasteiger partial charge in [-0.1, -0.05) is 23.7 Å². The third kappa shape index (κ3) is 4.90. The van der Waals surface area contributed by atoms with Gasteiger partial charge in [-0.05, 0) is 71.7 Å². The number of pyridine rings is 1. The van der Waals surface area contributed by atoms with Crippen molar-refractivity contribution < 1.29 is 0 Å². The van der Waals surface area contributed by atoms with Gasteiger partial charge < -0.3 is 4.90 Å². The maximum Gasteiger partial charge on any atom is 0.260 e. The van der Waals surface area contributed by atoms with Crippen LogP contribution in [-0.4, -0.2) is 49.5 Å². The average molecular weight is 503 g/mol. The molecule has 0 aliphatic heterocycles. The molecular formula is C28H31ClN6O. The fraction of sp³-hybridized carbons (Fsp3) is 0.393. The summed E-state index contributed by atoms with van der Waals surface area (Å²) in [5.41, 5.74) is 4.31. The van der Waals surface area contributed by atoms with Gasteiger partial charge in [0.1, 0.15) is 11.5 Å². The molecule has 7 nitrogen and oxygen atoms in total. The van der Waals surface area contributed by atoms with Crippen LogP contribution in [0.1, 0.15) is 37.2 Å². The Balaban J connectivity index is 1.55. The lowest BCUT2D eigenvalue weighted by Crippen LogP contribution is -2.34. The van der Waals surface area contributed by atoms with Crippen LogP contribution < -0.4 is 5.56 Å². The van der Waals surface area contributed by atoms with E-state index >= 15 is 0 Å². The summed E-state index contributed by atoms with van der Waals surface area (Å²) in [6.07, 6.45) is 9.71. The van der Waals surface area contributed by atoms with Crippen molar-refractivity contribution in [3.8, 4) is 22.4 Å². The summed E-state index contributed by atoms with van der Waals surface area (Å²) in [4.78, 5) is 34.0.